The molecule has 1 atom stereocenters. The molecule has 192 valence electrons. The fraction of sp³-hybridized carbons (Fsp3) is 0.250. The van der Waals surface area contributed by atoms with E-state index in [1.807, 2.05) is 10.9 Å². The SMILES string of the molecule is N#CCC(C1CCCC1)n1cc(-c2ccnc(Nc3ccc(NC(=O)c4cc(F)ccc4F)cc3)n2)cn1. The van der Waals surface area contributed by atoms with Crippen molar-refractivity contribution in [3.05, 3.63) is 84.3 Å². The van der Waals surface area contributed by atoms with Gasteiger partial charge in [0.25, 0.3) is 5.91 Å². The first-order valence-corrected chi connectivity index (χ1v) is 12.4. The Morgan fingerprint density at radius 2 is 1.87 bits per heavy atom. The van der Waals surface area contributed by atoms with E-state index in [9.17, 15) is 18.8 Å². The molecule has 8 nitrogen and oxygen atoms in total. The largest absolute Gasteiger partial charge is 0.324 e. The molecule has 0 spiro atoms. The number of carbonyl (C=O) groups excluding carboxylic acids is 1. The monoisotopic (exact) mass is 513 g/mol. The van der Waals surface area contributed by atoms with E-state index >= 15 is 0 Å². The number of halogens is 2. The lowest BCUT2D eigenvalue weighted by molar-refractivity contribution is 0.102. The molecule has 0 aliphatic heterocycles. The summed E-state index contributed by atoms with van der Waals surface area (Å²) in [6.45, 7) is 0. The molecule has 5 rings (SSSR count). The second kappa shape index (κ2) is 11.2. The summed E-state index contributed by atoms with van der Waals surface area (Å²) in [4.78, 5) is 21.2. The van der Waals surface area contributed by atoms with Crippen molar-refractivity contribution >= 4 is 23.2 Å². The third kappa shape index (κ3) is 5.67. The highest BCUT2D eigenvalue weighted by molar-refractivity contribution is 6.04. The van der Waals surface area contributed by atoms with E-state index in [4.69, 9.17) is 0 Å². The first-order valence-electron chi connectivity index (χ1n) is 12.4. The van der Waals surface area contributed by atoms with Crippen LogP contribution in [0.3, 0.4) is 0 Å². The number of nitrogens with zero attached hydrogens (tertiary/aromatic N) is 5. The molecule has 0 saturated heterocycles. The zero-order valence-corrected chi connectivity index (χ0v) is 20.4. The Bertz CT molecular complexity index is 1470. The number of aromatic nitrogens is 4. The van der Waals surface area contributed by atoms with Crippen molar-refractivity contribution in [3.8, 4) is 17.3 Å². The van der Waals surface area contributed by atoms with Gasteiger partial charge < -0.3 is 10.6 Å². The number of nitrogens with one attached hydrogen (secondary N) is 2. The molecule has 4 aromatic rings. The summed E-state index contributed by atoms with van der Waals surface area (Å²) >= 11 is 0. The number of hydrogen-bond donors (Lipinski definition) is 2. The highest BCUT2D eigenvalue weighted by atomic mass is 19.1. The van der Waals surface area contributed by atoms with Crippen molar-refractivity contribution in [2.45, 2.75) is 38.1 Å². The number of benzene rings is 2. The van der Waals surface area contributed by atoms with Crippen LogP contribution < -0.4 is 10.6 Å². The maximum absolute atomic E-state index is 13.9. The smallest absolute Gasteiger partial charge is 0.258 e. The molecule has 38 heavy (non-hydrogen) atoms. The Morgan fingerprint density at radius 3 is 2.63 bits per heavy atom. The zero-order chi connectivity index (χ0) is 26.5. The second-order valence-corrected chi connectivity index (χ2v) is 9.23. The van der Waals surface area contributed by atoms with Crippen molar-refractivity contribution < 1.29 is 13.6 Å². The molecule has 2 aromatic heterocycles. The van der Waals surface area contributed by atoms with E-state index in [2.05, 4.69) is 31.8 Å². The summed E-state index contributed by atoms with van der Waals surface area (Å²) in [6, 6.07) is 13.6. The lowest BCUT2D eigenvalue weighted by Gasteiger charge is -2.21. The predicted octanol–water partition coefficient (Wildman–Crippen LogP) is 6.26. The highest BCUT2D eigenvalue weighted by Crippen LogP contribution is 2.36. The Kier molecular flexibility index (Phi) is 7.35. The molecule has 1 unspecified atom stereocenters. The van der Waals surface area contributed by atoms with Gasteiger partial charge in [-0.1, -0.05) is 12.8 Å². The third-order valence-electron chi connectivity index (χ3n) is 6.71. The summed E-state index contributed by atoms with van der Waals surface area (Å²) in [5.74, 6) is -1.40. The van der Waals surface area contributed by atoms with Crippen LogP contribution in [0.25, 0.3) is 11.3 Å². The molecule has 1 aliphatic carbocycles. The minimum Gasteiger partial charge on any atom is -0.324 e. The fourth-order valence-corrected chi connectivity index (χ4v) is 4.78. The molecular formula is C28H25F2N7O. The van der Waals surface area contributed by atoms with Crippen molar-refractivity contribution in [2.75, 3.05) is 10.6 Å². The minimum absolute atomic E-state index is 0.0621. The Hall–Kier alpha value is -4.65. The molecule has 2 heterocycles. The molecule has 0 radical (unpaired) electrons. The van der Waals surface area contributed by atoms with E-state index in [1.54, 1.807) is 42.7 Å². The number of carbonyl (C=O) groups is 1. The Balaban J connectivity index is 1.26. The predicted molar refractivity (Wildman–Crippen MR) is 139 cm³/mol. The van der Waals surface area contributed by atoms with Crippen LogP contribution in [0.4, 0.5) is 26.1 Å². The number of rotatable bonds is 8. The third-order valence-corrected chi connectivity index (χ3v) is 6.71. The minimum atomic E-state index is -0.802. The van der Waals surface area contributed by atoms with E-state index in [0.29, 0.717) is 35.4 Å². The second-order valence-electron chi connectivity index (χ2n) is 9.23. The van der Waals surface area contributed by atoms with Gasteiger partial charge in [-0.25, -0.2) is 18.7 Å². The number of anilines is 3. The average Bonchev–Trinajstić information content (AvgIpc) is 3.63. The summed E-state index contributed by atoms with van der Waals surface area (Å²) in [7, 11) is 0. The van der Waals surface area contributed by atoms with Gasteiger partial charge in [0.05, 0.1) is 36.0 Å². The van der Waals surface area contributed by atoms with Crippen LogP contribution in [-0.2, 0) is 0 Å². The molecule has 1 fully saturated rings. The van der Waals surface area contributed by atoms with Gasteiger partial charge >= 0.3 is 0 Å². The van der Waals surface area contributed by atoms with Gasteiger partial charge in [-0.15, -0.1) is 0 Å². The van der Waals surface area contributed by atoms with Crippen molar-refractivity contribution in [1.82, 2.24) is 19.7 Å². The van der Waals surface area contributed by atoms with Gasteiger partial charge in [-0.3, -0.25) is 9.48 Å². The van der Waals surface area contributed by atoms with Crippen LogP contribution >= 0.6 is 0 Å². The van der Waals surface area contributed by atoms with Crippen LogP contribution in [0, 0.1) is 28.9 Å². The van der Waals surface area contributed by atoms with Crippen LogP contribution in [0.2, 0.25) is 0 Å². The molecule has 1 amide bonds. The van der Waals surface area contributed by atoms with E-state index in [1.165, 1.54) is 12.8 Å². The van der Waals surface area contributed by atoms with E-state index in [-0.39, 0.29) is 11.6 Å². The fourth-order valence-electron chi connectivity index (χ4n) is 4.78. The molecule has 2 aromatic carbocycles. The van der Waals surface area contributed by atoms with Crippen LogP contribution in [0.5, 0.6) is 0 Å². The maximum atomic E-state index is 13.9. The van der Waals surface area contributed by atoms with Crippen molar-refractivity contribution in [2.24, 2.45) is 5.92 Å². The topological polar surface area (TPSA) is 109 Å². The molecule has 10 heteroatoms. The Labute approximate surface area is 218 Å². The van der Waals surface area contributed by atoms with E-state index < -0.39 is 17.5 Å². The lowest BCUT2D eigenvalue weighted by Crippen LogP contribution is -2.17. The first-order chi connectivity index (χ1) is 18.5. The zero-order valence-electron chi connectivity index (χ0n) is 20.4. The van der Waals surface area contributed by atoms with Crippen LogP contribution in [0.15, 0.2) is 67.1 Å². The summed E-state index contributed by atoms with van der Waals surface area (Å²) in [6.07, 6.45) is 10.4. The average molecular weight is 514 g/mol. The molecule has 1 saturated carbocycles. The summed E-state index contributed by atoms with van der Waals surface area (Å²) < 4.78 is 29.1. The van der Waals surface area contributed by atoms with Crippen molar-refractivity contribution in [1.29, 1.82) is 5.26 Å². The number of hydrogen-bond acceptors (Lipinski definition) is 6. The van der Waals surface area contributed by atoms with Crippen LogP contribution in [-0.4, -0.2) is 25.7 Å². The molecule has 2 N–H and O–H groups in total. The Morgan fingerprint density at radius 1 is 1.11 bits per heavy atom. The van der Waals surface area contributed by atoms with Gasteiger partial charge in [-0.05, 0) is 67.3 Å². The normalized spacial score (nSPS) is 14.1. The quantitative estimate of drug-likeness (QED) is 0.288. The first kappa shape index (κ1) is 25.0. The number of nitriles is 1. The summed E-state index contributed by atoms with van der Waals surface area (Å²) in [5, 5.41) is 19.5. The van der Waals surface area contributed by atoms with Crippen LogP contribution in [0.1, 0.15) is 48.5 Å². The molecule has 1 aliphatic rings. The summed E-state index contributed by atoms with van der Waals surface area (Å²) in [5.41, 5.74) is 2.24. The number of amides is 1. The van der Waals surface area contributed by atoms with E-state index in [0.717, 1.165) is 36.6 Å². The van der Waals surface area contributed by atoms with Gasteiger partial charge in [0.2, 0.25) is 5.95 Å². The van der Waals surface area contributed by atoms with Gasteiger partial charge in [-0.2, -0.15) is 10.4 Å². The molecular weight excluding hydrogens is 488 g/mol. The van der Waals surface area contributed by atoms with Gasteiger partial charge in [0, 0.05) is 29.3 Å². The maximum Gasteiger partial charge on any atom is 0.258 e. The standard InChI is InChI=1S/C28H25F2N7O/c29-20-5-10-24(30)23(15-20)27(38)34-21-6-8-22(9-7-21)35-28-32-14-12-25(36-28)19-16-33-37(17-19)26(11-13-31)18-3-1-2-4-18/h5-10,12,14-18,26H,1-4,11H2,(H,34,38)(H,32,35,36). The van der Waals surface area contributed by atoms with Gasteiger partial charge in [0.1, 0.15) is 11.6 Å². The highest BCUT2D eigenvalue weighted by Gasteiger charge is 2.27. The van der Waals surface area contributed by atoms with Crippen molar-refractivity contribution in [3.63, 3.8) is 0 Å². The lowest BCUT2D eigenvalue weighted by atomic mass is 9.96. The molecule has 0 bridgehead atoms. The van der Waals surface area contributed by atoms with Gasteiger partial charge in [0.15, 0.2) is 0 Å².